The highest BCUT2D eigenvalue weighted by Gasteiger charge is 2.32. The van der Waals surface area contributed by atoms with Crippen molar-refractivity contribution >= 4 is 11.6 Å². The summed E-state index contributed by atoms with van der Waals surface area (Å²) in [7, 11) is 0. The Balaban J connectivity index is 1.71. The molecule has 0 aliphatic carbocycles. The van der Waals surface area contributed by atoms with Crippen LogP contribution in [0.5, 0.6) is 5.75 Å². The number of benzene rings is 3. The first kappa shape index (κ1) is 26.7. The van der Waals surface area contributed by atoms with Crippen LogP contribution in [0.25, 0.3) is 0 Å². The molecule has 1 N–H and O–H groups in total. The fourth-order valence-corrected chi connectivity index (χ4v) is 5.36. The number of phenolic OH excluding ortho intramolecular Hbond substituents is 1. The van der Waals surface area contributed by atoms with E-state index in [-0.39, 0.29) is 16.9 Å². The van der Waals surface area contributed by atoms with E-state index in [9.17, 15) is 5.11 Å². The van der Waals surface area contributed by atoms with Gasteiger partial charge in [-0.1, -0.05) is 95.6 Å². The summed E-state index contributed by atoms with van der Waals surface area (Å²) in [5.74, 6) is 0.432. The molecule has 4 rings (SSSR count). The fourth-order valence-electron chi connectivity index (χ4n) is 5.24. The Morgan fingerprint density at radius 3 is 1.78 bits per heavy atom. The van der Waals surface area contributed by atoms with Gasteiger partial charge in [0.1, 0.15) is 5.75 Å². The van der Waals surface area contributed by atoms with Crippen LogP contribution in [-0.4, -0.2) is 41.1 Å². The average molecular weight is 505 g/mol. The van der Waals surface area contributed by atoms with Gasteiger partial charge in [-0.2, -0.15) is 0 Å². The van der Waals surface area contributed by atoms with E-state index in [0.29, 0.717) is 5.75 Å². The number of hydrogen-bond acceptors (Lipinski definition) is 3. The van der Waals surface area contributed by atoms with Crippen molar-refractivity contribution in [3.05, 3.63) is 99.6 Å². The third kappa shape index (κ3) is 6.14. The zero-order chi connectivity index (χ0) is 26.1. The lowest BCUT2D eigenvalue weighted by Crippen LogP contribution is -2.47. The molecule has 0 bridgehead atoms. The minimum atomic E-state index is -0.168. The summed E-state index contributed by atoms with van der Waals surface area (Å²) < 4.78 is 0. The highest BCUT2D eigenvalue weighted by molar-refractivity contribution is 6.30. The standard InChI is InChI=1S/C32H41ClN2O/c1-31(2,3)27-20-25(21-28(30(27)36)32(4,5)6)29(24-12-14-26(33)15-13-24)35-18-16-34(17-19-35)22-23-10-8-7-9-11-23/h7-15,20-21,29,36H,16-19,22H2,1-6H3/t29-/m1/s1. The highest BCUT2D eigenvalue weighted by atomic mass is 35.5. The predicted molar refractivity (Wildman–Crippen MR) is 152 cm³/mol. The van der Waals surface area contributed by atoms with E-state index in [2.05, 4.69) is 106 Å². The topological polar surface area (TPSA) is 26.7 Å². The summed E-state index contributed by atoms with van der Waals surface area (Å²) in [5.41, 5.74) is 5.52. The maximum atomic E-state index is 11.3. The summed E-state index contributed by atoms with van der Waals surface area (Å²) in [5, 5.41) is 12.1. The van der Waals surface area contributed by atoms with E-state index in [1.165, 1.54) is 16.7 Å². The second kappa shape index (κ2) is 10.6. The summed E-state index contributed by atoms with van der Waals surface area (Å²) >= 11 is 6.28. The van der Waals surface area contributed by atoms with Crippen molar-refractivity contribution < 1.29 is 5.11 Å². The van der Waals surface area contributed by atoms with E-state index in [1.54, 1.807) is 0 Å². The minimum absolute atomic E-state index is 0.101. The molecular formula is C32H41ClN2O. The number of piperazine rings is 1. The molecule has 192 valence electrons. The van der Waals surface area contributed by atoms with E-state index in [0.717, 1.165) is 48.9 Å². The van der Waals surface area contributed by atoms with Gasteiger partial charge in [0.25, 0.3) is 0 Å². The van der Waals surface area contributed by atoms with Crippen LogP contribution in [0, 0.1) is 0 Å². The third-order valence-corrected chi connectivity index (χ3v) is 7.52. The van der Waals surface area contributed by atoms with E-state index in [1.807, 2.05) is 12.1 Å². The minimum Gasteiger partial charge on any atom is -0.507 e. The van der Waals surface area contributed by atoms with Crippen molar-refractivity contribution in [2.75, 3.05) is 26.2 Å². The summed E-state index contributed by atoms with van der Waals surface area (Å²) in [4.78, 5) is 5.14. The largest absolute Gasteiger partial charge is 0.507 e. The molecule has 3 aromatic carbocycles. The molecule has 36 heavy (non-hydrogen) atoms. The molecular weight excluding hydrogens is 464 g/mol. The van der Waals surface area contributed by atoms with Crippen LogP contribution in [0.3, 0.4) is 0 Å². The van der Waals surface area contributed by atoms with Gasteiger partial charge in [-0.05, 0) is 62.9 Å². The van der Waals surface area contributed by atoms with Crippen LogP contribution in [-0.2, 0) is 17.4 Å². The number of hydrogen-bond donors (Lipinski definition) is 1. The third-order valence-electron chi connectivity index (χ3n) is 7.27. The maximum absolute atomic E-state index is 11.3. The lowest BCUT2D eigenvalue weighted by Gasteiger charge is -2.40. The van der Waals surface area contributed by atoms with Gasteiger partial charge in [0.05, 0.1) is 6.04 Å². The Bertz CT molecular complexity index is 1120. The Labute approximate surface area is 222 Å². The van der Waals surface area contributed by atoms with Crippen molar-refractivity contribution in [1.29, 1.82) is 0 Å². The molecule has 1 saturated heterocycles. The quantitative estimate of drug-likeness (QED) is 0.388. The lowest BCUT2D eigenvalue weighted by molar-refractivity contribution is 0.105. The molecule has 3 aromatic rings. The lowest BCUT2D eigenvalue weighted by atomic mass is 9.77. The van der Waals surface area contributed by atoms with Crippen molar-refractivity contribution in [1.82, 2.24) is 9.80 Å². The first-order valence-electron chi connectivity index (χ1n) is 13.1. The van der Waals surface area contributed by atoms with Crippen molar-refractivity contribution in [3.63, 3.8) is 0 Å². The van der Waals surface area contributed by atoms with Gasteiger partial charge < -0.3 is 5.11 Å². The normalized spacial score (nSPS) is 16.8. The molecule has 1 aliphatic heterocycles. The zero-order valence-electron chi connectivity index (χ0n) is 22.7. The van der Waals surface area contributed by atoms with Crippen LogP contribution in [0.15, 0.2) is 66.7 Å². The number of phenols is 1. The van der Waals surface area contributed by atoms with Crippen molar-refractivity contribution in [2.45, 2.75) is 65.0 Å². The van der Waals surface area contributed by atoms with E-state index < -0.39 is 0 Å². The SMILES string of the molecule is CC(C)(C)c1cc([C@@H](c2ccc(Cl)cc2)N2CCN(Cc3ccccc3)CC2)cc(C(C)(C)C)c1O. The molecule has 1 atom stereocenters. The first-order chi connectivity index (χ1) is 16.9. The summed E-state index contributed by atoms with van der Waals surface area (Å²) in [6.45, 7) is 18.1. The second-order valence-electron chi connectivity index (χ2n) is 12.2. The van der Waals surface area contributed by atoms with Gasteiger partial charge in [0, 0.05) is 37.7 Å². The van der Waals surface area contributed by atoms with E-state index in [4.69, 9.17) is 11.6 Å². The Kier molecular flexibility index (Phi) is 7.85. The molecule has 0 saturated carbocycles. The zero-order valence-corrected chi connectivity index (χ0v) is 23.4. The van der Waals surface area contributed by atoms with Gasteiger partial charge in [0.15, 0.2) is 0 Å². The molecule has 1 heterocycles. The van der Waals surface area contributed by atoms with Crippen LogP contribution >= 0.6 is 11.6 Å². The monoisotopic (exact) mass is 504 g/mol. The van der Waals surface area contributed by atoms with Gasteiger partial charge in [-0.25, -0.2) is 0 Å². The van der Waals surface area contributed by atoms with Gasteiger partial charge in [-0.15, -0.1) is 0 Å². The number of rotatable bonds is 5. The molecule has 0 spiro atoms. The maximum Gasteiger partial charge on any atom is 0.123 e. The second-order valence-corrected chi connectivity index (χ2v) is 12.7. The molecule has 3 nitrogen and oxygen atoms in total. The van der Waals surface area contributed by atoms with Gasteiger partial charge in [0.2, 0.25) is 0 Å². The molecule has 0 aromatic heterocycles. The van der Waals surface area contributed by atoms with Crippen molar-refractivity contribution in [3.8, 4) is 5.75 Å². The van der Waals surface area contributed by atoms with Crippen LogP contribution in [0.2, 0.25) is 5.02 Å². The Hall–Kier alpha value is -2.33. The summed E-state index contributed by atoms with van der Waals surface area (Å²) in [6.07, 6.45) is 0. The predicted octanol–water partition coefficient (Wildman–Crippen LogP) is 7.55. The molecule has 0 unspecified atom stereocenters. The highest BCUT2D eigenvalue weighted by Crippen LogP contribution is 2.43. The van der Waals surface area contributed by atoms with Crippen molar-refractivity contribution in [2.24, 2.45) is 0 Å². The summed E-state index contributed by atoms with van der Waals surface area (Å²) in [6, 6.07) is 23.6. The fraction of sp³-hybridized carbons (Fsp3) is 0.438. The molecule has 4 heteroatoms. The molecule has 1 fully saturated rings. The van der Waals surface area contributed by atoms with E-state index >= 15 is 0 Å². The Morgan fingerprint density at radius 1 is 0.750 bits per heavy atom. The van der Waals surface area contributed by atoms with Gasteiger partial charge >= 0.3 is 0 Å². The Morgan fingerprint density at radius 2 is 1.28 bits per heavy atom. The number of halogens is 1. The van der Waals surface area contributed by atoms with Crippen LogP contribution < -0.4 is 0 Å². The number of aromatic hydroxyl groups is 1. The average Bonchev–Trinajstić information content (AvgIpc) is 2.81. The molecule has 1 aliphatic rings. The smallest absolute Gasteiger partial charge is 0.123 e. The number of nitrogens with zero attached hydrogens (tertiary/aromatic N) is 2. The molecule has 0 amide bonds. The van der Waals surface area contributed by atoms with Gasteiger partial charge in [-0.3, -0.25) is 9.80 Å². The van der Waals surface area contributed by atoms with Crippen LogP contribution in [0.4, 0.5) is 0 Å². The van der Waals surface area contributed by atoms with Crippen LogP contribution in [0.1, 0.15) is 75.4 Å². The molecule has 0 radical (unpaired) electrons. The first-order valence-corrected chi connectivity index (χ1v) is 13.4.